The van der Waals surface area contributed by atoms with Crippen LogP contribution in [-0.2, 0) is 6.18 Å². The molecule has 20 heavy (non-hydrogen) atoms. The molecule has 1 unspecified atom stereocenters. The van der Waals surface area contributed by atoms with Crippen LogP contribution in [0.5, 0.6) is 0 Å². The summed E-state index contributed by atoms with van der Waals surface area (Å²) >= 11 is 0. The van der Waals surface area contributed by atoms with E-state index in [0.717, 1.165) is 25.2 Å². The van der Waals surface area contributed by atoms with Gasteiger partial charge in [0, 0.05) is 11.6 Å². The van der Waals surface area contributed by atoms with Crippen LogP contribution in [0.3, 0.4) is 0 Å². The number of alkyl halides is 3. The molecule has 0 saturated heterocycles. The van der Waals surface area contributed by atoms with Crippen LogP contribution in [0.25, 0.3) is 0 Å². The minimum absolute atomic E-state index is 0.409. The van der Waals surface area contributed by atoms with Crippen molar-refractivity contribution in [1.82, 2.24) is 4.90 Å². The molecular formula is C15H23F3N2. The van der Waals surface area contributed by atoms with Gasteiger partial charge in [0.2, 0.25) is 0 Å². The van der Waals surface area contributed by atoms with Crippen molar-refractivity contribution >= 4 is 0 Å². The van der Waals surface area contributed by atoms with E-state index in [2.05, 4.69) is 4.90 Å². The van der Waals surface area contributed by atoms with Gasteiger partial charge in [-0.05, 0) is 44.6 Å². The predicted octanol–water partition coefficient (Wildman–Crippen LogP) is 3.83. The number of likely N-dealkylation sites (N-methyl/N-ethyl adjacent to an activating group) is 1. The molecule has 0 amide bonds. The van der Waals surface area contributed by atoms with Crippen LogP contribution in [0.15, 0.2) is 24.3 Å². The lowest BCUT2D eigenvalue weighted by Gasteiger charge is -2.42. The van der Waals surface area contributed by atoms with Crippen LogP contribution < -0.4 is 5.73 Å². The highest BCUT2D eigenvalue weighted by Crippen LogP contribution is 2.34. The van der Waals surface area contributed by atoms with Crippen LogP contribution in [-0.4, -0.2) is 23.5 Å². The molecule has 0 saturated carbocycles. The van der Waals surface area contributed by atoms with E-state index in [1.165, 1.54) is 6.07 Å². The van der Waals surface area contributed by atoms with Crippen molar-refractivity contribution in [2.45, 2.75) is 45.5 Å². The molecule has 0 aliphatic heterocycles. The Balaban J connectivity index is 3.11. The molecule has 2 N–H and O–H groups in total. The smallest absolute Gasteiger partial charge is 0.322 e. The number of rotatable bonds is 5. The van der Waals surface area contributed by atoms with E-state index in [4.69, 9.17) is 5.73 Å². The van der Waals surface area contributed by atoms with Gasteiger partial charge in [-0.1, -0.05) is 26.0 Å². The van der Waals surface area contributed by atoms with Gasteiger partial charge in [0.25, 0.3) is 0 Å². The third kappa shape index (κ3) is 3.52. The van der Waals surface area contributed by atoms with Gasteiger partial charge < -0.3 is 5.73 Å². The number of nitrogens with two attached hydrogens (primary N) is 1. The fourth-order valence-electron chi connectivity index (χ4n) is 2.55. The summed E-state index contributed by atoms with van der Waals surface area (Å²) in [5.74, 6) is 0. The minimum Gasteiger partial charge on any atom is -0.322 e. The van der Waals surface area contributed by atoms with Crippen LogP contribution in [0.1, 0.15) is 44.9 Å². The van der Waals surface area contributed by atoms with Crippen LogP contribution in [0.2, 0.25) is 0 Å². The maximum Gasteiger partial charge on any atom is 0.416 e. The predicted molar refractivity (Wildman–Crippen MR) is 75.4 cm³/mol. The molecular weight excluding hydrogens is 265 g/mol. The van der Waals surface area contributed by atoms with E-state index >= 15 is 0 Å². The third-order valence-corrected chi connectivity index (χ3v) is 3.91. The Labute approximate surface area is 118 Å². The molecule has 0 radical (unpaired) electrons. The average Bonchev–Trinajstić information content (AvgIpc) is 2.38. The Morgan fingerprint density at radius 1 is 1.15 bits per heavy atom. The van der Waals surface area contributed by atoms with Gasteiger partial charge in [-0.3, -0.25) is 4.90 Å². The summed E-state index contributed by atoms with van der Waals surface area (Å²) in [7, 11) is 0. The molecule has 0 aromatic heterocycles. The Hall–Kier alpha value is -1.07. The van der Waals surface area contributed by atoms with Crippen LogP contribution >= 0.6 is 0 Å². The molecule has 1 aromatic carbocycles. The zero-order valence-electron chi connectivity index (χ0n) is 12.5. The van der Waals surface area contributed by atoms with Crippen molar-refractivity contribution in [3.63, 3.8) is 0 Å². The molecule has 0 aliphatic rings. The molecule has 0 bridgehead atoms. The Morgan fingerprint density at radius 2 is 1.70 bits per heavy atom. The standard InChI is InChI=1S/C15H23F3N2/c1-5-20(6-2)14(3,4)13(19)11-8-7-9-12(10-11)15(16,17)18/h7-10,13H,5-6,19H2,1-4H3. The fraction of sp³-hybridized carbons (Fsp3) is 0.600. The highest BCUT2D eigenvalue weighted by Gasteiger charge is 2.35. The lowest BCUT2D eigenvalue weighted by Crippen LogP contribution is -2.51. The van der Waals surface area contributed by atoms with Crippen molar-refractivity contribution in [1.29, 1.82) is 0 Å². The molecule has 5 heteroatoms. The molecule has 0 aliphatic carbocycles. The highest BCUT2D eigenvalue weighted by molar-refractivity contribution is 5.29. The number of halogens is 3. The SMILES string of the molecule is CCN(CC)C(C)(C)C(N)c1cccc(C(F)(F)F)c1. The fourth-order valence-corrected chi connectivity index (χ4v) is 2.55. The summed E-state index contributed by atoms with van der Waals surface area (Å²) in [6.07, 6.45) is -4.34. The van der Waals surface area contributed by atoms with Crippen molar-refractivity contribution in [3.8, 4) is 0 Å². The van der Waals surface area contributed by atoms with Gasteiger partial charge >= 0.3 is 6.18 Å². The summed E-state index contributed by atoms with van der Waals surface area (Å²) in [4.78, 5) is 2.15. The Bertz CT molecular complexity index is 437. The lowest BCUT2D eigenvalue weighted by molar-refractivity contribution is -0.137. The van der Waals surface area contributed by atoms with Gasteiger partial charge in [-0.2, -0.15) is 13.2 Å². The molecule has 2 nitrogen and oxygen atoms in total. The first kappa shape index (κ1) is 17.0. The molecule has 1 rings (SSSR count). The van der Waals surface area contributed by atoms with Crippen molar-refractivity contribution in [2.24, 2.45) is 5.73 Å². The summed E-state index contributed by atoms with van der Waals surface area (Å²) in [6.45, 7) is 9.57. The third-order valence-electron chi connectivity index (χ3n) is 3.91. The number of benzene rings is 1. The highest BCUT2D eigenvalue weighted by atomic mass is 19.4. The van der Waals surface area contributed by atoms with Gasteiger partial charge in [0.15, 0.2) is 0 Å². The van der Waals surface area contributed by atoms with E-state index in [9.17, 15) is 13.2 Å². The van der Waals surface area contributed by atoms with E-state index in [1.54, 1.807) is 6.07 Å². The zero-order chi connectivity index (χ0) is 15.6. The number of hydrogen-bond donors (Lipinski definition) is 1. The van der Waals surface area contributed by atoms with Crippen molar-refractivity contribution in [2.75, 3.05) is 13.1 Å². The summed E-state index contributed by atoms with van der Waals surface area (Å²) in [5.41, 5.74) is 5.68. The van der Waals surface area contributed by atoms with Crippen molar-refractivity contribution < 1.29 is 13.2 Å². The maximum absolute atomic E-state index is 12.8. The van der Waals surface area contributed by atoms with E-state index in [1.807, 2.05) is 27.7 Å². The quantitative estimate of drug-likeness (QED) is 0.892. The van der Waals surface area contributed by atoms with Crippen molar-refractivity contribution in [3.05, 3.63) is 35.4 Å². The Morgan fingerprint density at radius 3 is 2.15 bits per heavy atom. The second-order valence-electron chi connectivity index (χ2n) is 5.43. The van der Waals surface area contributed by atoms with Gasteiger partial charge in [0.1, 0.15) is 0 Å². The zero-order valence-corrected chi connectivity index (χ0v) is 12.5. The first-order chi connectivity index (χ1) is 9.14. The normalized spacial score (nSPS) is 14.7. The molecule has 0 heterocycles. The van der Waals surface area contributed by atoms with Crippen LogP contribution in [0, 0.1) is 0 Å². The minimum atomic E-state index is -4.34. The molecule has 1 aromatic rings. The maximum atomic E-state index is 12.8. The van der Waals surface area contributed by atoms with Gasteiger partial charge in [0.05, 0.1) is 5.56 Å². The lowest BCUT2D eigenvalue weighted by atomic mass is 9.87. The topological polar surface area (TPSA) is 29.3 Å². The largest absolute Gasteiger partial charge is 0.416 e. The van der Waals surface area contributed by atoms with Gasteiger partial charge in [-0.25, -0.2) is 0 Å². The summed E-state index contributed by atoms with van der Waals surface area (Å²) < 4.78 is 38.3. The van der Waals surface area contributed by atoms with E-state index in [-0.39, 0.29) is 0 Å². The average molecular weight is 288 g/mol. The number of nitrogens with zero attached hydrogens (tertiary/aromatic N) is 1. The summed E-state index contributed by atoms with van der Waals surface area (Å²) in [5, 5.41) is 0. The molecule has 0 spiro atoms. The molecule has 0 fully saturated rings. The second-order valence-corrected chi connectivity index (χ2v) is 5.43. The van der Waals surface area contributed by atoms with Crippen LogP contribution in [0.4, 0.5) is 13.2 Å². The molecule has 114 valence electrons. The second kappa shape index (κ2) is 6.14. The van der Waals surface area contributed by atoms with E-state index < -0.39 is 23.3 Å². The molecule has 1 atom stereocenters. The number of hydrogen-bond acceptors (Lipinski definition) is 2. The first-order valence-electron chi connectivity index (χ1n) is 6.82. The summed E-state index contributed by atoms with van der Waals surface area (Å²) in [6, 6.07) is 4.81. The first-order valence-corrected chi connectivity index (χ1v) is 6.82. The van der Waals surface area contributed by atoms with E-state index in [0.29, 0.717) is 5.56 Å². The Kier molecular flexibility index (Phi) is 5.21. The van der Waals surface area contributed by atoms with Gasteiger partial charge in [-0.15, -0.1) is 0 Å². The monoisotopic (exact) mass is 288 g/mol.